The molecule has 3 rings (SSSR count). The van der Waals surface area contributed by atoms with Gasteiger partial charge in [0.2, 0.25) is 0 Å². The van der Waals surface area contributed by atoms with Gasteiger partial charge in [0.1, 0.15) is 5.56 Å². The number of amides is 1. The van der Waals surface area contributed by atoms with Crippen LogP contribution in [0, 0.1) is 6.92 Å². The highest BCUT2D eigenvalue weighted by Gasteiger charge is 2.21. The Morgan fingerprint density at radius 2 is 1.96 bits per heavy atom. The van der Waals surface area contributed by atoms with E-state index in [9.17, 15) is 4.79 Å². The minimum Gasteiger partial charge on any atom is -0.355 e. The van der Waals surface area contributed by atoms with Crippen LogP contribution in [-0.2, 0) is 6.54 Å². The van der Waals surface area contributed by atoms with E-state index in [4.69, 9.17) is 16.1 Å². The zero-order valence-electron chi connectivity index (χ0n) is 12.4. The molecule has 0 aliphatic heterocycles. The summed E-state index contributed by atoms with van der Waals surface area (Å²) in [6, 6.07) is 10.9. The third-order valence-electron chi connectivity index (χ3n) is 3.43. The van der Waals surface area contributed by atoms with Crippen molar-refractivity contribution in [1.82, 2.24) is 15.5 Å². The topological polar surface area (TPSA) is 68.0 Å². The van der Waals surface area contributed by atoms with Gasteiger partial charge in [-0.25, -0.2) is 0 Å². The Morgan fingerprint density at radius 1 is 1.22 bits per heavy atom. The highest BCUT2D eigenvalue weighted by molar-refractivity contribution is 6.31. The van der Waals surface area contributed by atoms with Crippen molar-refractivity contribution in [3.05, 3.63) is 70.6 Å². The predicted molar refractivity (Wildman–Crippen MR) is 87.1 cm³/mol. The molecule has 1 aromatic carbocycles. The number of hydrogen-bond donors (Lipinski definition) is 1. The van der Waals surface area contributed by atoms with E-state index >= 15 is 0 Å². The molecule has 6 heteroatoms. The summed E-state index contributed by atoms with van der Waals surface area (Å²) < 4.78 is 5.31. The van der Waals surface area contributed by atoms with E-state index < -0.39 is 0 Å². The van der Waals surface area contributed by atoms with Crippen molar-refractivity contribution >= 4 is 17.5 Å². The molecule has 116 valence electrons. The summed E-state index contributed by atoms with van der Waals surface area (Å²) >= 11 is 6.10. The first-order valence-electron chi connectivity index (χ1n) is 7.05. The molecule has 0 unspecified atom stereocenters. The summed E-state index contributed by atoms with van der Waals surface area (Å²) in [6.45, 7) is 2.07. The van der Waals surface area contributed by atoms with E-state index in [2.05, 4.69) is 15.5 Å². The Bertz CT molecular complexity index is 831. The summed E-state index contributed by atoms with van der Waals surface area (Å²) in [5.41, 5.74) is 2.56. The Kier molecular flexibility index (Phi) is 4.39. The lowest BCUT2D eigenvalue weighted by Crippen LogP contribution is -2.23. The highest BCUT2D eigenvalue weighted by Crippen LogP contribution is 2.25. The van der Waals surface area contributed by atoms with Gasteiger partial charge in [0.25, 0.3) is 5.91 Å². The molecule has 0 bridgehead atoms. The Hall–Kier alpha value is -2.66. The molecule has 23 heavy (non-hydrogen) atoms. The van der Waals surface area contributed by atoms with Crippen LogP contribution in [0.15, 0.2) is 53.3 Å². The SMILES string of the molecule is Cc1noc(-c2ccncc2)c1C(=O)NCc1ccccc1Cl. The van der Waals surface area contributed by atoms with Gasteiger partial charge in [-0.05, 0) is 30.7 Å². The minimum atomic E-state index is -0.254. The van der Waals surface area contributed by atoms with E-state index in [1.165, 1.54) is 0 Å². The van der Waals surface area contributed by atoms with E-state index in [1.54, 1.807) is 37.5 Å². The lowest BCUT2D eigenvalue weighted by molar-refractivity contribution is 0.0950. The number of carbonyl (C=O) groups excluding carboxylic acids is 1. The van der Waals surface area contributed by atoms with Crippen molar-refractivity contribution in [2.75, 3.05) is 0 Å². The molecule has 0 spiro atoms. The second-order valence-electron chi connectivity index (χ2n) is 4.98. The fourth-order valence-electron chi connectivity index (χ4n) is 2.24. The Labute approximate surface area is 138 Å². The molecule has 0 fully saturated rings. The number of nitrogens with one attached hydrogen (secondary N) is 1. The maximum absolute atomic E-state index is 12.5. The zero-order valence-corrected chi connectivity index (χ0v) is 13.2. The molecule has 5 nitrogen and oxygen atoms in total. The van der Waals surface area contributed by atoms with Crippen LogP contribution in [0.2, 0.25) is 5.02 Å². The third kappa shape index (κ3) is 3.24. The Balaban J connectivity index is 1.83. The summed E-state index contributed by atoms with van der Waals surface area (Å²) in [5, 5.41) is 7.37. The van der Waals surface area contributed by atoms with Crippen molar-refractivity contribution in [2.45, 2.75) is 13.5 Å². The lowest BCUT2D eigenvalue weighted by Gasteiger charge is -2.07. The first-order chi connectivity index (χ1) is 11.2. The van der Waals surface area contributed by atoms with E-state index in [-0.39, 0.29) is 5.91 Å². The molecule has 1 N–H and O–H groups in total. The molecule has 2 heterocycles. The quantitative estimate of drug-likeness (QED) is 0.794. The summed E-state index contributed by atoms with van der Waals surface area (Å²) in [6.07, 6.45) is 3.28. The van der Waals surface area contributed by atoms with Gasteiger partial charge in [-0.3, -0.25) is 9.78 Å². The second kappa shape index (κ2) is 6.62. The number of nitrogens with zero attached hydrogens (tertiary/aromatic N) is 2. The zero-order chi connectivity index (χ0) is 16.2. The molecule has 1 amide bonds. The number of halogens is 1. The average molecular weight is 328 g/mol. The van der Waals surface area contributed by atoms with Crippen molar-refractivity contribution < 1.29 is 9.32 Å². The van der Waals surface area contributed by atoms with Crippen molar-refractivity contribution in [3.8, 4) is 11.3 Å². The molecule has 0 aliphatic rings. The van der Waals surface area contributed by atoms with Crippen LogP contribution in [0.25, 0.3) is 11.3 Å². The van der Waals surface area contributed by atoms with Crippen LogP contribution in [-0.4, -0.2) is 16.0 Å². The average Bonchev–Trinajstić information content (AvgIpc) is 2.96. The maximum Gasteiger partial charge on any atom is 0.257 e. The molecular weight excluding hydrogens is 314 g/mol. The number of pyridine rings is 1. The van der Waals surface area contributed by atoms with Gasteiger partial charge in [-0.2, -0.15) is 0 Å². The summed E-state index contributed by atoms with van der Waals surface area (Å²) in [7, 11) is 0. The largest absolute Gasteiger partial charge is 0.355 e. The fourth-order valence-corrected chi connectivity index (χ4v) is 2.45. The van der Waals surface area contributed by atoms with Gasteiger partial charge >= 0.3 is 0 Å². The van der Waals surface area contributed by atoms with Gasteiger partial charge < -0.3 is 9.84 Å². The van der Waals surface area contributed by atoms with Crippen molar-refractivity contribution in [3.63, 3.8) is 0 Å². The number of benzene rings is 1. The Morgan fingerprint density at radius 3 is 2.70 bits per heavy atom. The van der Waals surface area contributed by atoms with Crippen LogP contribution in [0.5, 0.6) is 0 Å². The lowest BCUT2D eigenvalue weighted by atomic mass is 10.1. The van der Waals surface area contributed by atoms with Crippen LogP contribution in [0.1, 0.15) is 21.6 Å². The number of aryl methyl sites for hydroxylation is 1. The van der Waals surface area contributed by atoms with Crippen LogP contribution in [0.3, 0.4) is 0 Å². The molecule has 3 aromatic rings. The maximum atomic E-state index is 12.5. The van der Waals surface area contributed by atoms with E-state index in [1.807, 2.05) is 18.2 Å². The van der Waals surface area contributed by atoms with Crippen molar-refractivity contribution in [1.29, 1.82) is 0 Å². The molecule has 0 aliphatic carbocycles. The molecule has 0 saturated carbocycles. The summed E-state index contributed by atoms with van der Waals surface area (Å²) in [4.78, 5) is 16.5. The molecule has 2 aromatic heterocycles. The van der Waals surface area contributed by atoms with Crippen LogP contribution in [0.4, 0.5) is 0 Å². The van der Waals surface area contributed by atoms with Gasteiger partial charge in [-0.1, -0.05) is 35.0 Å². The van der Waals surface area contributed by atoms with E-state index in [0.717, 1.165) is 11.1 Å². The van der Waals surface area contributed by atoms with Gasteiger partial charge in [0.15, 0.2) is 5.76 Å². The van der Waals surface area contributed by atoms with Gasteiger partial charge in [0.05, 0.1) is 5.69 Å². The minimum absolute atomic E-state index is 0.254. The third-order valence-corrected chi connectivity index (χ3v) is 3.80. The normalized spacial score (nSPS) is 10.5. The van der Waals surface area contributed by atoms with E-state index in [0.29, 0.717) is 28.6 Å². The van der Waals surface area contributed by atoms with Crippen LogP contribution < -0.4 is 5.32 Å². The predicted octanol–water partition coefficient (Wildman–Crippen LogP) is 3.63. The number of rotatable bonds is 4. The van der Waals surface area contributed by atoms with Gasteiger partial charge in [-0.15, -0.1) is 0 Å². The molecular formula is C17H14ClN3O2. The molecule has 0 atom stereocenters. The molecule has 0 radical (unpaired) electrons. The second-order valence-corrected chi connectivity index (χ2v) is 5.39. The standard InChI is InChI=1S/C17H14ClN3O2/c1-11-15(16(23-21-11)12-6-8-19-9-7-12)17(22)20-10-13-4-2-3-5-14(13)18/h2-9H,10H2,1H3,(H,20,22). The summed E-state index contributed by atoms with van der Waals surface area (Å²) in [5.74, 6) is 0.178. The number of aromatic nitrogens is 2. The fraction of sp³-hybridized carbons (Fsp3) is 0.118. The van der Waals surface area contributed by atoms with Crippen molar-refractivity contribution in [2.24, 2.45) is 0 Å². The smallest absolute Gasteiger partial charge is 0.257 e. The highest BCUT2D eigenvalue weighted by atomic mass is 35.5. The van der Waals surface area contributed by atoms with Crippen LogP contribution >= 0.6 is 11.6 Å². The first kappa shape index (κ1) is 15.2. The first-order valence-corrected chi connectivity index (χ1v) is 7.43. The number of hydrogen-bond acceptors (Lipinski definition) is 4. The number of carbonyl (C=O) groups is 1. The molecule has 0 saturated heterocycles. The monoisotopic (exact) mass is 327 g/mol. The van der Waals surface area contributed by atoms with Gasteiger partial charge in [0, 0.05) is 29.5 Å².